The maximum atomic E-state index is 13.0. The number of methoxy groups -OCH3 is 1. The molecule has 0 heterocycles. The summed E-state index contributed by atoms with van der Waals surface area (Å²) in [7, 11) is 1.63. The van der Waals surface area contributed by atoms with Crippen molar-refractivity contribution >= 4 is 5.91 Å². The van der Waals surface area contributed by atoms with Crippen LogP contribution in [0.5, 0.6) is 0 Å². The Morgan fingerprint density at radius 1 is 1.26 bits per heavy atom. The number of rotatable bonds is 4. The number of hydrogen-bond acceptors (Lipinski definition) is 3. The predicted molar refractivity (Wildman–Crippen MR) is 85.2 cm³/mol. The van der Waals surface area contributed by atoms with Crippen molar-refractivity contribution in [3.05, 3.63) is 71.0 Å². The molecule has 0 radical (unpaired) electrons. The Bertz CT molecular complexity index is 702. The van der Waals surface area contributed by atoms with E-state index in [9.17, 15) is 9.18 Å². The van der Waals surface area contributed by atoms with Crippen molar-refractivity contribution in [3.63, 3.8) is 0 Å². The lowest BCUT2D eigenvalue weighted by atomic mass is 10.1. The number of fused-ring (bicyclic) bond motifs is 1. The van der Waals surface area contributed by atoms with E-state index in [1.54, 1.807) is 7.11 Å². The molecular weight excluding hydrogens is 295 g/mol. The maximum Gasteiger partial charge on any atom is 0.241 e. The van der Waals surface area contributed by atoms with Gasteiger partial charge in [0.05, 0.1) is 6.04 Å². The molecule has 0 spiro atoms. The van der Waals surface area contributed by atoms with Gasteiger partial charge in [-0.15, -0.1) is 0 Å². The second-order valence-corrected chi connectivity index (χ2v) is 5.70. The van der Waals surface area contributed by atoms with Crippen LogP contribution >= 0.6 is 0 Å². The third kappa shape index (κ3) is 3.11. The van der Waals surface area contributed by atoms with Gasteiger partial charge in [-0.1, -0.05) is 36.4 Å². The second kappa shape index (κ2) is 6.48. The Labute approximate surface area is 134 Å². The highest BCUT2D eigenvalue weighted by molar-refractivity contribution is 5.83. The number of carbonyl (C=O) groups excluding carboxylic acids is 1. The van der Waals surface area contributed by atoms with E-state index in [1.165, 1.54) is 29.8 Å². The van der Waals surface area contributed by atoms with Gasteiger partial charge in [-0.25, -0.2) is 4.39 Å². The van der Waals surface area contributed by atoms with Crippen LogP contribution in [0, 0.1) is 5.82 Å². The van der Waals surface area contributed by atoms with Crippen molar-refractivity contribution in [2.75, 3.05) is 7.11 Å². The van der Waals surface area contributed by atoms with E-state index < -0.39 is 6.04 Å². The average molecular weight is 314 g/mol. The molecule has 4 nitrogen and oxygen atoms in total. The highest BCUT2D eigenvalue weighted by atomic mass is 19.1. The fourth-order valence-electron chi connectivity index (χ4n) is 3.07. The van der Waals surface area contributed by atoms with Crippen molar-refractivity contribution in [3.8, 4) is 0 Å². The summed E-state index contributed by atoms with van der Waals surface area (Å²) in [4.78, 5) is 12.4. The third-order valence-corrected chi connectivity index (χ3v) is 4.26. The number of nitrogens with two attached hydrogens (primary N) is 1. The van der Waals surface area contributed by atoms with Crippen molar-refractivity contribution in [1.82, 2.24) is 5.32 Å². The van der Waals surface area contributed by atoms with Gasteiger partial charge in [0.15, 0.2) is 0 Å². The van der Waals surface area contributed by atoms with Crippen molar-refractivity contribution in [2.24, 2.45) is 5.73 Å². The summed E-state index contributed by atoms with van der Waals surface area (Å²) < 4.78 is 18.5. The number of nitrogens with one attached hydrogen (secondary N) is 1. The quantitative estimate of drug-likeness (QED) is 0.910. The Morgan fingerprint density at radius 2 is 1.96 bits per heavy atom. The molecule has 2 aromatic rings. The van der Waals surface area contributed by atoms with Gasteiger partial charge in [0.2, 0.25) is 5.91 Å². The topological polar surface area (TPSA) is 64.3 Å². The van der Waals surface area contributed by atoms with Gasteiger partial charge in [0.1, 0.15) is 18.0 Å². The largest absolute Gasteiger partial charge is 0.375 e. The van der Waals surface area contributed by atoms with Gasteiger partial charge in [0.25, 0.3) is 0 Å². The van der Waals surface area contributed by atoms with Crippen LogP contribution in [0.25, 0.3) is 0 Å². The molecule has 0 aromatic heterocycles. The molecule has 0 aliphatic heterocycles. The molecule has 3 atom stereocenters. The van der Waals surface area contributed by atoms with E-state index in [0.29, 0.717) is 12.0 Å². The first-order valence-electron chi connectivity index (χ1n) is 7.52. The molecule has 0 fully saturated rings. The first kappa shape index (κ1) is 15.6. The van der Waals surface area contributed by atoms with Gasteiger partial charge in [-0.3, -0.25) is 4.79 Å². The number of ether oxygens (including phenoxy) is 1. The summed E-state index contributed by atoms with van der Waals surface area (Å²) >= 11 is 0. The SMILES string of the molecule is CO[C@@H]1c2ccccc2C[C@H]1NC(=O)[C@@H](N)c1ccc(F)cc1. The van der Waals surface area contributed by atoms with E-state index in [2.05, 4.69) is 5.32 Å². The van der Waals surface area contributed by atoms with Crippen LogP contribution in [0.1, 0.15) is 28.8 Å². The third-order valence-electron chi connectivity index (χ3n) is 4.26. The molecule has 0 saturated heterocycles. The van der Waals surface area contributed by atoms with Crippen LogP contribution in [-0.2, 0) is 16.0 Å². The van der Waals surface area contributed by atoms with Crippen molar-refractivity contribution < 1.29 is 13.9 Å². The van der Waals surface area contributed by atoms with Gasteiger partial charge in [-0.05, 0) is 35.2 Å². The van der Waals surface area contributed by atoms with Crippen LogP contribution in [0.15, 0.2) is 48.5 Å². The molecule has 0 saturated carbocycles. The van der Waals surface area contributed by atoms with Gasteiger partial charge < -0.3 is 15.8 Å². The zero-order valence-corrected chi connectivity index (χ0v) is 12.8. The Kier molecular flexibility index (Phi) is 4.41. The molecule has 5 heteroatoms. The minimum absolute atomic E-state index is 0.156. The number of benzene rings is 2. The van der Waals surface area contributed by atoms with Crippen LogP contribution in [0.2, 0.25) is 0 Å². The molecule has 1 aliphatic carbocycles. The molecular formula is C18H19FN2O2. The number of amides is 1. The zero-order valence-electron chi connectivity index (χ0n) is 12.8. The van der Waals surface area contributed by atoms with Gasteiger partial charge >= 0.3 is 0 Å². The maximum absolute atomic E-state index is 13.0. The van der Waals surface area contributed by atoms with Crippen LogP contribution < -0.4 is 11.1 Å². The summed E-state index contributed by atoms with van der Waals surface area (Å²) in [6, 6.07) is 12.6. The normalized spacial score (nSPS) is 20.8. The summed E-state index contributed by atoms with van der Waals surface area (Å²) in [6.07, 6.45) is 0.520. The van der Waals surface area contributed by atoms with E-state index in [0.717, 1.165) is 5.56 Å². The molecule has 3 N–H and O–H groups in total. The predicted octanol–water partition coefficient (Wildman–Crippen LogP) is 2.25. The van der Waals surface area contributed by atoms with Crippen LogP contribution in [-0.4, -0.2) is 19.1 Å². The van der Waals surface area contributed by atoms with Crippen LogP contribution in [0.4, 0.5) is 4.39 Å². The lowest BCUT2D eigenvalue weighted by Gasteiger charge is -2.22. The summed E-state index contributed by atoms with van der Waals surface area (Å²) in [5.41, 5.74) is 8.82. The van der Waals surface area contributed by atoms with E-state index in [-0.39, 0.29) is 23.9 Å². The minimum Gasteiger partial charge on any atom is -0.375 e. The highest BCUT2D eigenvalue weighted by Gasteiger charge is 2.34. The number of halogens is 1. The van der Waals surface area contributed by atoms with Crippen molar-refractivity contribution in [2.45, 2.75) is 24.6 Å². The monoisotopic (exact) mass is 314 g/mol. The summed E-state index contributed by atoms with van der Waals surface area (Å²) in [5, 5.41) is 2.96. The average Bonchev–Trinajstić information content (AvgIpc) is 2.91. The highest BCUT2D eigenvalue weighted by Crippen LogP contribution is 2.33. The van der Waals surface area contributed by atoms with E-state index in [4.69, 9.17) is 10.5 Å². The molecule has 23 heavy (non-hydrogen) atoms. The molecule has 0 bridgehead atoms. The molecule has 2 aromatic carbocycles. The number of hydrogen-bond donors (Lipinski definition) is 2. The smallest absolute Gasteiger partial charge is 0.241 e. The Balaban J connectivity index is 1.72. The molecule has 120 valence electrons. The molecule has 1 amide bonds. The summed E-state index contributed by atoms with van der Waals surface area (Å²) in [5.74, 6) is -0.650. The number of carbonyl (C=O) groups is 1. The lowest BCUT2D eigenvalue weighted by molar-refractivity contribution is -0.124. The standard InChI is InChI=1S/C18H19FN2O2/c1-23-17-14-5-3-2-4-12(14)10-15(17)21-18(22)16(20)11-6-8-13(19)9-7-11/h2-9,15-17H,10,20H2,1H3,(H,21,22)/t15-,16+,17-/m1/s1. The van der Waals surface area contributed by atoms with Crippen molar-refractivity contribution in [1.29, 1.82) is 0 Å². The van der Waals surface area contributed by atoms with Gasteiger partial charge in [0, 0.05) is 7.11 Å². The minimum atomic E-state index is -0.836. The van der Waals surface area contributed by atoms with Crippen LogP contribution in [0.3, 0.4) is 0 Å². The molecule has 0 unspecified atom stereocenters. The first-order chi connectivity index (χ1) is 11.1. The lowest BCUT2D eigenvalue weighted by Crippen LogP contribution is -2.43. The molecule has 1 aliphatic rings. The Morgan fingerprint density at radius 3 is 2.65 bits per heavy atom. The zero-order chi connectivity index (χ0) is 16.4. The fourth-order valence-corrected chi connectivity index (χ4v) is 3.07. The van der Waals surface area contributed by atoms with E-state index >= 15 is 0 Å². The second-order valence-electron chi connectivity index (χ2n) is 5.70. The Hall–Kier alpha value is -2.24. The summed E-state index contributed by atoms with van der Waals surface area (Å²) in [6.45, 7) is 0. The van der Waals surface area contributed by atoms with Gasteiger partial charge in [-0.2, -0.15) is 0 Å². The molecule has 3 rings (SSSR count). The fraction of sp³-hybridized carbons (Fsp3) is 0.278. The first-order valence-corrected chi connectivity index (χ1v) is 7.52. The van der Waals surface area contributed by atoms with E-state index in [1.807, 2.05) is 24.3 Å².